The second kappa shape index (κ2) is 7.31. The highest BCUT2D eigenvalue weighted by atomic mass is 16.5. The van der Waals surface area contributed by atoms with Crippen LogP contribution >= 0.6 is 0 Å². The van der Waals surface area contributed by atoms with Gasteiger partial charge in [-0.15, -0.1) is 0 Å². The second-order valence-corrected chi connectivity index (χ2v) is 5.51. The minimum atomic E-state index is -0.688. The lowest BCUT2D eigenvalue weighted by Gasteiger charge is -2.34. The molecule has 4 heteroatoms. The van der Waals surface area contributed by atoms with Crippen molar-refractivity contribution in [2.24, 2.45) is 11.7 Å². The van der Waals surface area contributed by atoms with Gasteiger partial charge < -0.3 is 20.9 Å². The van der Waals surface area contributed by atoms with Gasteiger partial charge in [-0.3, -0.25) is 0 Å². The van der Waals surface area contributed by atoms with Gasteiger partial charge in [-0.1, -0.05) is 12.8 Å². The van der Waals surface area contributed by atoms with E-state index in [0.29, 0.717) is 31.5 Å². The fourth-order valence-corrected chi connectivity index (χ4v) is 2.52. The van der Waals surface area contributed by atoms with Gasteiger partial charge in [-0.25, -0.2) is 0 Å². The maximum Gasteiger partial charge on any atom is 0.0765 e. The zero-order chi connectivity index (χ0) is 12.7. The van der Waals surface area contributed by atoms with Gasteiger partial charge in [0.25, 0.3) is 0 Å². The molecule has 0 aromatic carbocycles. The van der Waals surface area contributed by atoms with Crippen molar-refractivity contribution < 1.29 is 9.84 Å². The van der Waals surface area contributed by atoms with Gasteiger partial charge in [0.15, 0.2) is 0 Å². The largest absolute Gasteiger partial charge is 0.389 e. The Morgan fingerprint density at radius 1 is 1.41 bits per heavy atom. The lowest BCUT2D eigenvalue weighted by Crippen LogP contribution is -2.48. The second-order valence-electron chi connectivity index (χ2n) is 5.51. The maximum atomic E-state index is 10.2. The van der Waals surface area contributed by atoms with Gasteiger partial charge >= 0.3 is 0 Å². The average molecular weight is 244 g/mol. The van der Waals surface area contributed by atoms with E-state index in [2.05, 4.69) is 5.32 Å². The van der Waals surface area contributed by atoms with Gasteiger partial charge in [0.05, 0.1) is 5.60 Å². The minimum Gasteiger partial charge on any atom is -0.389 e. The first-order valence-electron chi connectivity index (χ1n) is 6.74. The van der Waals surface area contributed by atoms with Crippen molar-refractivity contribution in [2.45, 2.75) is 50.7 Å². The number of hydrogen-bond acceptors (Lipinski definition) is 4. The quantitative estimate of drug-likeness (QED) is 0.622. The molecule has 1 saturated carbocycles. The van der Waals surface area contributed by atoms with Crippen LogP contribution < -0.4 is 11.1 Å². The summed E-state index contributed by atoms with van der Waals surface area (Å²) in [5.74, 6) is 0.571. The minimum absolute atomic E-state index is 0.475. The zero-order valence-corrected chi connectivity index (χ0v) is 11.2. The van der Waals surface area contributed by atoms with E-state index in [1.807, 2.05) is 6.92 Å². The molecule has 0 spiro atoms. The molecule has 4 N–H and O–H groups in total. The van der Waals surface area contributed by atoms with Crippen molar-refractivity contribution in [3.63, 3.8) is 0 Å². The van der Waals surface area contributed by atoms with Crippen molar-refractivity contribution in [3.05, 3.63) is 0 Å². The highest BCUT2D eigenvalue weighted by Gasteiger charge is 2.27. The Kier molecular flexibility index (Phi) is 6.41. The molecule has 0 saturated heterocycles. The third kappa shape index (κ3) is 5.34. The van der Waals surface area contributed by atoms with Gasteiger partial charge in [0.2, 0.25) is 0 Å². The molecule has 3 atom stereocenters. The van der Waals surface area contributed by atoms with Crippen molar-refractivity contribution in [1.29, 1.82) is 0 Å². The highest BCUT2D eigenvalue weighted by molar-refractivity contribution is 4.85. The van der Waals surface area contributed by atoms with Crippen LogP contribution in [0.4, 0.5) is 0 Å². The Balaban J connectivity index is 2.32. The molecule has 4 nitrogen and oxygen atoms in total. The standard InChI is InChI=1S/C13H28N2O2/c1-13(16,7-8-17-2)10-15-12-6-4-3-5-11(12)9-14/h11-12,15-16H,3-10,14H2,1-2H3. The lowest BCUT2D eigenvalue weighted by molar-refractivity contribution is 0.0198. The van der Waals surface area contributed by atoms with E-state index >= 15 is 0 Å². The van der Waals surface area contributed by atoms with Gasteiger partial charge in [-0.05, 0) is 32.2 Å². The first-order valence-corrected chi connectivity index (χ1v) is 6.74. The van der Waals surface area contributed by atoms with Crippen molar-refractivity contribution in [3.8, 4) is 0 Å². The summed E-state index contributed by atoms with van der Waals surface area (Å²) in [6.07, 6.45) is 5.63. The third-order valence-corrected chi connectivity index (χ3v) is 3.80. The SMILES string of the molecule is COCCC(C)(O)CNC1CCCCC1CN. The Labute approximate surface area is 105 Å². The van der Waals surface area contributed by atoms with Crippen LogP contribution in [0.1, 0.15) is 39.0 Å². The molecule has 1 rings (SSSR count). The topological polar surface area (TPSA) is 67.5 Å². The van der Waals surface area contributed by atoms with Crippen LogP contribution in [0.5, 0.6) is 0 Å². The monoisotopic (exact) mass is 244 g/mol. The predicted molar refractivity (Wildman–Crippen MR) is 69.9 cm³/mol. The summed E-state index contributed by atoms with van der Waals surface area (Å²) in [4.78, 5) is 0. The molecule has 0 aromatic heterocycles. The zero-order valence-electron chi connectivity index (χ0n) is 11.2. The smallest absolute Gasteiger partial charge is 0.0765 e. The van der Waals surface area contributed by atoms with Gasteiger partial charge in [0.1, 0.15) is 0 Å². The lowest BCUT2D eigenvalue weighted by atomic mass is 9.84. The van der Waals surface area contributed by atoms with Crippen LogP contribution in [0, 0.1) is 5.92 Å². The molecular formula is C13H28N2O2. The molecule has 0 aromatic rings. The van der Waals surface area contributed by atoms with Crippen LogP contribution in [-0.2, 0) is 4.74 Å². The van der Waals surface area contributed by atoms with E-state index in [9.17, 15) is 5.11 Å². The number of nitrogens with two attached hydrogens (primary N) is 1. The molecule has 0 amide bonds. The molecule has 0 radical (unpaired) electrons. The molecule has 17 heavy (non-hydrogen) atoms. The van der Waals surface area contributed by atoms with E-state index in [1.54, 1.807) is 7.11 Å². The number of nitrogens with one attached hydrogen (secondary N) is 1. The Hall–Kier alpha value is -0.160. The summed E-state index contributed by atoms with van der Waals surface area (Å²) in [6.45, 7) is 3.83. The van der Waals surface area contributed by atoms with Crippen molar-refractivity contribution >= 4 is 0 Å². The van der Waals surface area contributed by atoms with E-state index in [4.69, 9.17) is 10.5 Å². The van der Waals surface area contributed by atoms with Crippen molar-refractivity contribution in [2.75, 3.05) is 26.8 Å². The summed E-state index contributed by atoms with van der Waals surface area (Å²) in [5, 5.41) is 13.6. The van der Waals surface area contributed by atoms with E-state index in [0.717, 1.165) is 6.54 Å². The first kappa shape index (κ1) is 14.9. The predicted octanol–water partition coefficient (Wildman–Crippen LogP) is 0.881. The summed E-state index contributed by atoms with van der Waals surface area (Å²) < 4.78 is 5.00. The number of aliphatic hydroxyl groups is 1. The fraction of sp³-hybridized carbons (Fsp3) is 1.00. The van der Waals surface area contributed by atoms with E-state index in [-0.39, 0.29) is 0 Å². The molecular weight excluding hydrogens is 216 g/mol. The fourth-order valence-electron chi connectivity index (χ4n) is 2.52. The summed E-state index contributed by atoms with van der Waals surface area (Å²) in [5.41, 5.74) is 5.10. The first-order chi connectivity index (χ1) is 8.09. The summed E-state index contributed by atoms with van der Waals surface area (Å²) >= 11 is 0. The number of rotatable bonds is 7. The Morgan fingerprint density at radius 2 is 2.12 bits per heavy atom. The summed E-state index contributed by atoms with van der Waals surface area (Å²) in [7, 11) is 1.66. The maximum absolute atomic E-state index is 10.2. The van der Waals surface area contributed by atoms with Crippen LogP contribution in [0.15, 0.2) is 0 Å². The van der Waals surface area contributed by atoms with E-state index < -0.39 is 5.60 Å². The Morgan fingerprint density at radius 3 is 2.76 bits per heavy atom. The molecule has 1 fully saturated rings. The Bertz CT molecular complexity index is 210. The van der Waals surface area contributed by atoms with Gasteiger partial charge in [-0.2, -0.15) is 0 Å². The van der Waals surface area contributed by atoms with Crippen LogP contribution in [0.2, 0.25) is 0 Å². The summed E-state index contributed by atoms with van der Waals surface area (Å²) in [6, 6.07) is 0.475. The normalized spacial score (nSPS) is 28.9. The van der Waals surface area contributed by atoms with Crippen LogP contribution in [-0.4, -0.2) is 43.6 Å². The van der Waals surface area contributed by atoms with Crippen LogP contribution in [0.3, 0.4) is 0 Å². The van der Waals surface area contributed by atoms with Gasteiger partial charge in [0, 0.05) is 32.7 Å². The molecule has 1 aliphatic carbocycles. The molecule has 0 heterocycles. The number of hydrogen-bond donors (Lipinski definition) is 3. The molecule has 102 valence electrons. The average Bonchev–Trinajstić information content (AvgIpc) is 2.34. The van der Waals surface area contributed by atoms with Crippen molar-refractivity contribution in [1.82, 2.24) is 5.32 Å². The molecule has 3 unspecified atom stereocenters. The number of methoxy groups -OCH3 is 1. The highest BCUT2D eigenvalue weighted by Crippen LogP contribution is 2.24. The van der Waals surface area contributed by atoms with Crippen LogP contribution in [0.25, 0.3) is 0 Å². The van der Waals surface area contributed by atoms with E-state index in [1.165, 1.54) is 25.7 Å². The molecule has 0 bridgehead atoms. The third-order valence-electron chi connectivity index (χ3n) is 3.80. The molecule has 1 aliphatic rings. The number of ether oxygens (including phenoxy) is 1. The molecule has 0 aliphatic heterocycles.